The van der Waals surface area contributed by atoms with Gasteiger partial charge in [0.15, 0.2) is 0 Å². The molecule has 0 N–H and O–H groups in total. The quantitative estimate of drug-likeness (QED) is 0.226. The summed E-state index contributed by atoms with van der Waals surface area (Å²) in [4.78, 5) is 47.8. The Kier molecular flexibility index (Phi) is 8.59. The molecule has 0 radical (unpaired) electrons. The van der Waals surface area contributed by atoms with Crippen molar-refractivity contribution < 1.29 is 27.1 Å². The first-order valence-corrected chi connectivity index (χ1v) is 16.5. The van der Waals surface area contributed by atoms with E-state index in [0.29, 0.717) is 0 Å². The Balaban J connectivity index is 1.57. The van der Waals surface area contributed by atoms with E-state index in [4.69, 9.17) is 4.74 Å². The molecule has 2 aromatic heterocycles. The number of hydrogen-bond donors (Lipinski definition) is 0. The molecular weight excluding hydrogens is 650 g/mol. The molecule has 4 aromatic rings. The van der Waals surface area contributed by atoms with Crippen LogP contribution in [-0.2, 0) is 17.5 Å². The Labute approximate surface area is 278 Å². The topological polar surface area (TPSA) is 89.7 Å². The third kappa shape index (κ3) is 6.29. The van der Waals surface area contributed by atoms with E-state index in [0.717, 1.165) is 30.0 Å². The molecule has 9 nitrogen and oxygen atoms in total. The second kappa shape index (κ2) is 12.3. The number of nitrogens with zero attached hydrogens (tertiary/aromatic N) is 5. The van der Waals surface area contributed by atoms with Gasteiger partial charge in [0.05, 0.1) is 29.2 Å². The van der Waals surface area contributed by atoms with Crippen molar-refractivity contribution in [2.75, 3.05) is 23.7 Å². The van der Waals surface area contributed by atoms with Gasteiger partial charge in [-0.05, 0) is 64.4 Å². The lowest BCUT2D eigenvalue weighted by Gasteiger charge is -2.45. The number of carbonyl (C=O) groups excluding carboxylic acids is 1. The van der Waals surface area contributed by atoms with E-state index >= 15 is 13.2 Å². The Bertz CT molecular complexity index is 1990. The first-order chi connectivity index (χ1) is 22.5. The van der Waals surface area contributed by atoms with Crippen LogP contribution in [-0.4, -0.2) is 61.6 Å². The van der Waals surface area contributed by atoms with Crippen LogP contribution < -0.4 is 16.1 Å². The maximum absolute atomic E-state index is 15.0. The van der Waals surface area contributed by atoms with Gasteiger partial charge in [-0.15, -0.1) is 11.8 Å². The van der Waals surface area contributed by atoms with Crippen LogP contribution in [0.1, 0.15) is 46.2 Å². The van der Waals surface area contributed by atoms with Crippen LogP contribution >= 0.6 is 11.8 Å². The zero-order valence-corrected chi connectivity index (χ0v) is 27.9. The summed E-state index contributed by atoms with van der Waals surface area (Å²) in [7, 11) is 0. The van der Waals surface area contributed by atoms with Crippen LogP contribution in [0, 0.1) is 5.82 Å². The minimum absolute atomic E-state index is 0.0139. The number of alkyl halides is 3. The van der Waals surface area contributed by atoms with Gasteiger partial charge in [-0.3, -0.25) is 14.3 Å². The molecule has 3 atom stereocenters. The SMILES string of the molecule is C[C@@H]1CN(c2nc(=O)n3c4c(c(-c5ccc(F)cc5)c(C(F)(F)F)cc24)SC[C@@H](n2ccccc2=O)C3)C[C@@H](C)N1C(=O)OC(C)(C)C. The summed E-state index contributed by atoms with van der Waals surface area (Å²) in [6, 6.07) is 8.99. The average Bonchev–Trinajstić information content (AvgIpc) is 3.19. The first-order valence-electron chi connectivity index (χ1n) is 15.5. The van der Waals surface area contributed by atoms with E-state index in [2.05, 4.69) is 4.98 Å². The molecule has 2 aromatic carbocycles. The van der Waals surface area contributed by atoms with Gasteiger partial charge < -0.3 is 14.2 Å². The minimum Gasteiger partial charge on any atom is -0.444 e. The molecule has 2 aliphatic heterocycles. The molecule has 254 valence electrons. The zero-order valence-electron chi connectivity index (χ0n) is 27.0. The van der Waals surface area contributed by atoms with E-state index in [9.17, 15) is 18.8 Å². The number of anilines is 1. The van der Waals surface area contributed by atoms with Crippen molar-refractivity contribution in [3.63, 3.8) is 0 Å². The number of hydrogen-bond acceptors (Lipinski definition) is 7. The molecule has 0 saturated carbocycles. The second-order valence-corrected chi connectivity index (χ2v) is 14.3. The number of piperazine rings is 1. The number of carbonyl (C=O) groups is 1. The second-order valence-electron chi connectivity index (χ2n) is 13.3. The van der Waals surface area contributed by atoms with E-state index in [-0.39, 0.29) is 63.7 Å². The first kappa shape index (κ1) is 33.6. The van der Waals surface area contributed by atoms with Gasteiger partial charge in [-0.2, -0.15) is 18.2 Å². The van der Waals surface area contributed by atoms with Crippen molar-refractivity contribution in [1.82, 2.24) is 19.0 Å². The molecule has 0 unspecified atom stereocenters. The Morgan fingerprint density at radius 3 is 2.25 bits per heavy atom. The van der Waals surface area contributed by atoms with Crippen molar-refractivity contribution in [2.24, 2.45) is 0 Å². The number of halogens is 4. The molecule has 0 bridgehead atoms. The van der Waals surface area contributed by atoms with Crippen LogP contribution in [0.2, 0.25) is 0 Å². The van der Waals surface area contributed by atoms with Gasteiger partial charge in [0.25, 0.3) is 5.56 Å². The van der Waals surface area contributed by atoms with Crippen molar-refractivity contribution in [2.45, 2.75) is 76.0 Å². The molecule has 1 fully saturated rings. The van der Waals surface area contributed by atoms with E-state index in [1.807, 2.05) is 0 Å². The van der Waals surface area contributed by atoms with Crippen LogP contribution in [0.15, 0.2) is 69.2 Å². The van der Waals surface area contributed by atoms with E-state index in [1.165, 1.54) is 27.3 Å². The van der Waals surface area contributed by atoms with Crippen molar-refractivity contribution >= 4 is 34.6 Å². The standard InChI is InChI=1S/C34H35F4N5O4S/c1-19-15-40(16-20(2)43(19)32(46)47-33(3,4)5)30-24-14-25(34(36,37)38)27(21-9-11-22(35)12-10-21)29-28(24)42(31(45)39-30)17-23(18-48-29)41-13-7-6-8-26(41)44/h6-14,19-20,23H,15-18H2,1-5H3/t19-,20-,23+/m1/s1. The fourth-order valence-corrected chi connectivity index (χ4v) is 7.95. The summed E-state index contributed by atoms with van der Waals surface area (Å²) in [5.74, 6) is -0.359. The average molecular weight is 686 g/mol. The third-order valence-electron chi connectivity index (χ3n) is 8.52. The predicted octanol–water partition coefficient (Wildman–Crippen LogP) is 6.56. The zero-order chi connectivity index (χ0) is 34.7. The number of ether oxygens (including phenoxy) is 1. The number of thioether (sulfide) groups is 1. The fourth-order valence-electron chi connectivity index (χ4n) is 6.59. The van der Waals surface area contributed by atoms with E-state index in [1.54, 1.807) is 62.7 Å². The Morgan fingerprint density at radius 2 is 1.65 bits per heavy atom. The molecule has 14 heteroatoms. The maximum Gasteiger partial charge on any atom is 0.417 e. The van der Waals surface area contributed by atoms with Crippen molar-refractivity contribution in [3.05, 3.63) is 86.9 Å². The van der Waals surface area contributed by atoms with Crippen LogP contribution in [0.4, 0.5) is 28.2 Å². The fraction of sp³-hybridized carbons (Fsp3) is 0.412. The summed E-state index contributed by atoms with van der Waals surface area (Å²) >= 11 is 1.12. The lowest BCUT2D eigenvalue weighted by Crippen LogP contribution is -2.59. The molecule has 48 heavy (non-hydrogen) atoms. The molecule has 6 rings (SSSR count). The van der Waals surface area contributed by atoms with Gasteiger partial charge >= 0.3 is 18.0 Å². The van der Waals surface area contributed by atoms with Gasteiger partial charge in [0, 0.05) is 53.5 Å². The number of benzene rings is 2. The normalized spacial score (nSPS) is 20.1. The van der Waals surface area contributed by atoms with Gasteiger partial charge in [-0.25, -0.2) is 14.0 Å². The van der Waals surface area contributed by atoms with Crippen molar-refractivity contribution in [3.8, 4) is 11.1 Å². The molecule has 4 heterocycles. The summed E-state index contributed by atoms with van der Waals surface area (Å²) in [6.07, 6.45) is -3.75. The lowest BCUT2D eigenvalue weighted by molar-refractivity contribution is -0.137. The summed E-state index contributed by atoms with van der Waals surface area (Å²) in [5.41, 5.74) is -2.48. The Morgan fingerprint density at radius 1 is 0.979 bits per heavy atom. The monoisotopic (exact) mass is 685 g/mol. The molecule has 0 spiro atoms. The van der Waals surface area contributed by atoms with E-state index < -0.39 is 53.1 Å². The predicted molar refractivity (Wildman–Crippen MR) is 176 cm³/mol. The number of aromatic nitrogens is 3. The number of amides is 1. The molecule has 1 saturated heterocycles. The number of pyridine rings is 1. The Hall–Kier alpha value is -4.33. The van der Waals surface area contributed by atoms with Crippen LogP contribution in [0.3, 0.4) is 0 Å². The van der Waals surface area contributed by atoms with Gasteiger partial charge in [0.2, 0.25) is 0 Å². The summed E-state index contributed by atoms with van der Waals surface area (Å²) in [5, 5.41) is 0.112. The molecular formula is C34H35F4N5O4S. The largest absolute Gasteiger partial charge is 0.444 e. The highest BCUT2D eigenvalue weighted by Gasteiger charge is 2.40. The van der Waals surface area contributed by atoms with Crippen LogP contribution in [0.25, 0.3) is 22.0 Å². The minimum atomic E-state index is -4.83. The highest BCUT2D eigenvalue weighted by molar-refractivity contribution is 7.99. The highest BCUT2D eigenvalue weighted by Crippen LogP contribution is 2.49. The molecule has 1 amide bonds. The molecule has 2 aliphatic rings. The lowest BCUT2D eigenvalue weighted by atomic mass is 9.96. The van der Waals surface area contributed by atoms with Crippen LogP contribution in [0.5, 0.6) is 0 Å². The molecule has 0 aliphatic carbocycles. The highest BCUT2D eigenvalue weighted by atomic mass is 32.2. The third-order valence-corrected chi connectivity index (χ3v) is 9.76. The van der Waals surface area contributed by atoms with Gasteiger partial charge in [0.1, 0.15) is 17.2 Å². The number of rotatable bonds is 3. The smallest absolute Gasteiger partial charge is 0.417 e. The summed E-state index contributed by atoms with van der Waals surface area (Å²) < 4.78 is 67.5. The van der Waals surface area contributed by atoms with Gasteiger partial charge in [-0.1, -0.05) is 18.2 Å². The maximum atomic E-state index is 15.0. The summed E-state index contributed by atoms with van der Waals surface area (Å²) in [6.45, 7) is 9.26. The van der Waals surface area contributed by atoms with Crippen molar-refractivity contribution in [1.29, 1.82) is 0 Å².